The van der Waals surface area contributed by atoms with Crippen LogP contribution in [0.4, 0.5) is 17.1 Å². The summed E-state index contributed by atoms with van der Waals surface area (Å²) in [6, 6.07) is 13.9. The van der Waals surface area contributed by atoms with Crippen LogP contribution >= 0.6 is 27.7 Å². The van der Waals surface area contributed by atoms with E-state index in [0.717, 1.165) is 18.8 Å². The third-order valence-electron chi connectivity index (χ3n) is 10.5. The molecular weight excluding hydrogens is 728 g/mol. The molecule has 3 saturated heterocycles. The number of alkyl halides is 1. The summed E-state index contributed by atoms with van der Waals surface area (Å²) in [5.74, 6) is -1.19. The predicted molar refractivity (Wildman–Crippen MR) is 212 cm³/mol. The normalized spacial score (nSPS) is 25.5. The Hall–Kier alpha value is -3.28. The molecule has 7 atom stereocenters. The van der Waals surface area contributed by atoms with Crippen LogP contribution in [0.2, 0.25) is 0 Å². The van der Waals surface area contributed by atoms with E-state index in [-0.39, 0.29) is 53.4 Å². The fourth-order valence-electron chi connectivity index (χ4n) is 8.39. The van der Waals surface area contributed by atoms with E-state index in [4.69, 9.17) is 4.74 Å². The van der Waals surface area contributed by atoms with Crippen LogP contribution in [0.5, 0.6) is 5.75 Å². The first-order valence-electron chi connectivity index (χ1n) is 18.2. The second kappa shape index (κ2) is 16.6. The minimum Gasteiger partial charge on any atom is -0.494 e. The van der Waals surface area contributed by atoms with Crippen LogP contribution in [0.1, 0.15) is 47.5 Å². The van der Waals surface area contributed by atoms with Crippen LogP contribution in [-0.2, 0) is 14.4 Å². The Kier molecular flexibility index (Phi) is 12.7. The fraction of sp³-hybridized carbons (Fsp3) is 0.525. The van der Waals surface area contributed by atoms with Gasteiger partial charge in [-0.05, 0) is 88.1 Å². The number of aliphatic hydroxyl groups excluding tert-OH is 1. The van der Waals surface area contributed by atoms with E-state index in [0.29, 0.717) is 36.6 Å². The van der Waals surface area contributed by atoms with Crippen LogP contribution in [0.3, 0.4) is 0 Å². The van der Waals surface area contributed by atoms with E-state index in [9.17, 15) is 9.90 Å². The number of fused-ring (bicyclic) bond motifs is 1. The highest BCUT2D eigenvalue weighted by Crippen LogP contribution is 2.68. The number of nitrogens with zero attached hydrogens (tertiary/aromatic N) is 4. The van der Waals surface area contributed by atoms with E-state index >= 15 is 9.59 Å². The Balaban J connectivity index is 1.59. The average molecular weight is 782 g/mol. The molecule has 276 valence electrons. The molecule has 3 fully saturated rings. The second-order valence-corrected chi connectivity index (χ2v) is 16.7. The van der Waals surface area contributed by atoms with Gasteiger partial charge in [0.1, 0.15) is 11.8 Å². The van der Waals surface area contributed by atoms with Crippen LogP contribution < -0.4 is 19.4 Å². The molecule has 3 heterocycles. The van der Waals surface area contributed by atoms with Gasteiger partial charge in [0, 0.05) is 53.3 Å². The van der Waals surface area contributed by atoms with Crippen LogP contribution in [-0.4, -0.2) is 94.0 Å². The fourth-order valence-corrected chi connectivity index (χ4v) is 12.0. The Bertz CT molecular complexity index is 1570. The summed E-state index contributed by atoms with van der Waals surface area (Å²) in [6.45, 7) is 20.6. The number of hydrogen-bond acceptors (Lipinski definition) is 7. The van der Waals surface area contributed by atoms with Gasteiger partial charge in [-0.3, -0.25) is 14.4 Å². The Labute approximate surface area is 316 Å². The monoisotopic (exact) mass is 780 g/mol. The minimum atomic E-state index is -0.889. The number of anilines is 3. The van der Waals surface area contributed by atoms with Crippen molar-refractivity contribution in [1.82, 2.24) is 4.90 Å². The summed E-state index contributed by atoms with van der Waals surface area (Å²) in [5.41, 5.74) is 2.46. The molecule has 11 heteroatoms. The highest BCUT2D eigenvalue weighted by Gasteiger charge is 2.76. The highest BCUT2D eigenvalue weighted by atomic mass is 79.9. The van der Waals surface area contributed by atoms with Gasteiger partial charge in [0.2, 0.25) is 11.8 Å². The van der Waals surface area contributed by atoms with E-state index in [1.54, 1.807) is 38.6 Å². The molecule has 0 aliphatic carbocycles. The van der Waals surface area contributed by atoms with Crippen molar-refractivity contribution in [3.05, 3.63) is 73.8 Å². The summed E-state index contributed by atoms with van der Waals surface area (Å²) >= 11 is 5.52. The summed E-state index contributed by atoms with van der Waals surface area (Å²) in [5, 5.41) is 10.6. The van der Waals surface area contributed by atoms with Crippen LogP contribution in [0, 0.1) is 17.8 Å². The smallest absolute Gasteiger partial charge is 0.251 e. The molecule has 51 heavy (non-hydrogen) atoms. The maximum Gasteiger partial charge on any atom is 0.251 e. The molecule has 3 unspecified atom stereocenters. The van der Waals surface area contributed by atoms with Crippen LogP contribution in [0.25, 0.3) is 0 Å². The molecule has 3 aliphatic rings. The standard InChI is InChI=1S/C40H53BrN4O5S/c1-8-21-43(29-17-19-31(20-18-29)50-12-5)37(47)33-34-38(48)45(30(25-46)23-26(6)7)36(40(34)24-32(41)35(33)51-40)39(49)44(22-9-2)28-15-13-27(14-16-28)42(10-3)11-4/h8-9,13-20,26,30,32-36,46H,1-2,10-12,21-25H2,3-7H3/t30-,32?,33+,34+,35+,36?,40?/m1/s1. The molecule has 0 aromatic heterocycles. The van der Waals surface area contributed by atoms with Gasteiger partial charge >= 0.3 is 0 Å². The summed E-state index contributed by atoms with van der Waals surface area (Å²) in [4.78, 5) is 52.3. The number of carbonyl (C=O) groups is 3. The topological polar surface area (TPSA) is 93.6 Å². The summed E-state index contributed by atoms with van der Waals surface area (Å²) in [6.07, 6.45) is 4.46. The SMILES string of the molecule is C=CCN(C(=O)C1N([C@@H](CO)CC(C)C)C(=O)[C@@H]2[C@H](C(=O)N(CC=C)c3ccc(OCC)cc3)[C@H]3SC12CC3Br)c1ccc(N(CC)CC)cc1. The lowest BCUT2D eigenvalue weighted by Crippen LogP contribution is -2.58. The molecule has 1 N–H and O–H groups in total. The molecule has 2 aromatic rings. The molecule has 9 nitrogen and oxygen atoms in total. The van der Waals surface area contributed by atoms with E-state index < -0.39 is 28.7 Å². The van der Waals surface area contributed by atoms with Gasteiger partial charge in [-0.2, -0.15) is 0 Å². The third-order valence-corrected chi connectivity index (χ3v) is 13.7. The lowest BCUT2D eigenvalue weighted by atomic mass is 9.70. The average Bonchev–Trinajstić information content (AvgIpc) is 3.72. The number of rotatable bonds is 17. The number of halogens is 1. The first kappa shape index (κ1) is 38.9. The van der Waals surface area contributed by atoms with Crippen molar-refractivity contribution in [3.8, 4) is 5.75 Å². The van der Waals surface area contributed by atoms with Crippen molar-refractivity contribution >= 4 is 62.5 Å². The first-order chi connectivity index (χ1) is 24.5. The number of aliphatic hydroxyl groups is 1. The molecule has 1 spiro atoms. The number of hydrogen-bond donors (Lipinski definition) is 1. The molecular formula is C40H53BrN4O5S. The molecule has 2 bridgehead atoms. The second-order valence-electron chi connectivity index (χ2n) is 14.0. The van der Waals surface area contributed by atoms with Gasteiger partial charge in [0.05, 0.1) is 35.8 Å². The van der Waals surface area contributed by atoms with E-state index in [2.05, 4.69) is 47.8 Å². The minimum absolute atomic E-state index is 0.0967. The lowest BCUT2D eigenvalue weighted by Gasteiger charge is -2.40. The predicted octanol–water partition coefficient (Wildman–Crippen LogP) is 6.54. The molecule has 0 saturated carbocycles. The zero-order chi connectivity index (χ0) is 37.0. The maximum atomic E-state index is 15.2. The zero-order valence-electron chi connectivity index (χ0n) is 30.5. The van der Waals surface area contributed by atoms with Gasteiger partial charge in [-0.1, -0.05) is 41.9 Å². The Morgan fingerprint density at radius 2 is 1.53 bits per heavy atom. The molecule has 0 radical (unpaired) electrons. The van der Waals surface area contributed by atoms with Gasteiger partial charge in [0.15, 0.2) is 0 Å². The summed E-state index contributed by atoms with van der Waals surface area (Å²) in [7, 11) is 0. The lowest BCUT2D eigenvalue weighted by molar-refractivity contribution is -0.142. The van der Waals surface area contributed by atoms with E-state index in [1.165, 1.54) is 0 Å². The molecule has 3 amide bonds. The molecule has 5 rings (SSSR count). The number of likely N-dealkylation sites (tertiary alicyclic amines) is 1. The quantitative estimate of drug-likeness (QED) is 0.144. The first-order valence-corrected chi connectivity index (χ1v) is 20.0. The maximum absolute atomic E-state index is 15.2. The van der Waals surface area contributed by atoms with Crippen molar-refractivity contribution in [2.45, 2.75) is 74.4 Å². The summed E-state index contributed by atoms with van der Waals surface area (Å²) < 4.78 is 4.76. The van der Waals surface area contributed by atoms with Crippen molar-refractivity contribution in [2.24, 2.45) is 17.8 Å². The number of amides is 3. The van der Waals surface area contributed by atoms with Crippen molar-refractivity contribution in [1.29, 1.82) is 0 Å². The van der Waals surface area contributed by atoms with Crippen molar-refractivity contribution < 1.29 is 24.2 Å². The van der Waals surface area contributed by atoms with Crippen molar-refractivity contribution in [3.63, 3.8) is 0 Å². The zero-order valence-corrected chi connectivity index (χ0v) is 32.9. The van der Waals surface area contributed by atoms with Gasteiger partial charge in [-0.25, -0.2) is 0 Å². The van der Waals surface area contributed by atoms with Crippen LogP contribution in [0.15, 0.2) is 73.8 Å². The largest absolute Gasteiger partial charge is 0.494 e. The highest BCUT2D eigenvalue weighted by molar-refractivity contribution is 9.09. The van der Waals surface area contributed by atoms with Gasteiger partial charge in [0.25, 0.3) is 5.91 Å². The van der Waals surface area contributed by atoms with E-state index in [1.807, 2.05) is 69.3 Å². The Morgan fingerprint density at radius 1 is 0.980 bits per heavy atom. The van der Waals surface area contributed by atoms with Crippen molar-refractivity contribution in [2.75, 3.05) is 54.1 Å². The number of ether oxygens (including phenoxy) is 1. The number of thioether (sulfide) groups is 1. The third kappa shape index (κ3) is 7.22. The Morgan fingerprint density at radius 3 is 2.04 bits per heavy atom. The molecule has 3 aliphatic heterocycles. The number of benzene rings is 2. The number of carbonyl (C=O) groups excluding carboxylic acids is 3. The van der Waals surface area contributed by atoms with Gasteiger partial charge in [-0.15, -0.1) is 24.9 Å². The molecule has 2 aromatic carbocycles. The van der Waals surface area contributed by atoms with Gasteiger partial charge < -0.3 is 29.4 Å².